The van der Waals surface area contributed by atoms with E-state index in [0.717, 1.165) is 28.2 Å². The van der Waals surface area contributed by atoms with Crippen molar-refractivity contribution in [1.29, 1.82) is 0 Å². The molecule has 37 heavy (non-hydrogen) atoms. The molecule has 6 heteroatoms. The second-order valence-corrected chi connectivity index (χ2v) is 8.81. The van der Waals surface area contributed by atoms with Crippen molar-refractivity contribution in [3.8, 4) is 11.1 Å². The van der Waals surface area contributed by atoms with Gasteiger partial charge in [0.25, 0.3) is 5.91 Å². The number of rotatable bonds is 7. The standard InChI is InChI=1S/C31H27N5O/c1-21-8-14-28(15-9-21)35-31-32-22(2)20-29(36-31)33-26-16-18-27(19-17-26)34-30(37)25-12-10-24(11-13-25)23-6-4-3-5-7-23/h3-20H,1-2H3,(H,34,37)(H2,32,33,35,36). The first-order valence-corrected chi connectivity index (χ1v) is 12.1. The largest absolute Gasteiger partial charge is 0.340 e. The van der Waals surface area contributed by atoms with E-state index in [9.17, 15) is 4.79 Å². The SMILES string of the molecule is Cc1ccc(Nc2nc(C)cc(Nc3ccc(NC(=O)c4ccc(-c5ccccc5)cc4)cc3)n2)cc1. The summed E-state index contributed by atoms with van der Waals surface area (Å²) in [6, 6.07) is 35.2. The van der Waals surface area contributed by atoms with E-state index in [0.29, 0.717) is 23.0 Å². The maximum atomic E-state index is 12.7. The van der Waals surface area contributed by atoms with Gasteiger partial charge in [-0.25, -0.2) is 4.98 Å². The number of hydrogen-bond donors (Lipinski definition) is 3. The normalized spacial score (nSPS) is 10.5. The summed E-state index contributed by atoms with van der Waals surface area (Å²) in [4.78, 5) is 21.8. The molecule has 6 nitrogen and oxygen atoms in total. The van der Waals surface area contributed by atoms with Crippen LogP contribution in [-0.2, 0) is 0 Å². The third-order valence-corrected chi connectivity index (χ3v) is 5.83. The zero-order valence-corrected chi connectivity index (χ0v) is 20.7. The number of aromatic nitrogens is 2. The number of nitrogens with one attached hydrogen (secondary N) is 3. The van der Waals surface area contributed by atoms with Gasteiger partial charge in [0.05, 0.1) is 0 Å². The molecule has 0 aliphatic carbocycles. The second kappa shape index (κ2) is 10.7. The van der Waals surface area contributed by atoms with E-state index in [1.54, 1.807) is 0 Å². The van der Waals surface area contributed by atoms with Crippen LogP contribution in [0.25, 0.3) is 11.1 Å². The van der Waals surface area contributed by atoms with Crippen LogP contribution >= 0.6 is 0 Å². The van der Waals surface area contributed by atoms with Crippen LogP contribution in [0.2, 0.25) is 0 Å². The van der Waals surface area contributed by atoms with Gasteiger partial charge < -0.3 is 16.0 Å². The lowest BCUT2D eigenvalue weighted by Crippen LogP contribution is -2.11. The second-order valence-electron chi connectivity index (χ2n) is 8.81. The smallest absolute Gasteiger partial charge is 0.255 e. The molecule has 0 spiro atoms. The Morgan fingerprint density at radius 1 is 0.622 bits per heavy atom. The maximum absolute atomic E-state index is 12.7. The predicted octanol–water partition coefficient (Wildman–Crippen LogP) is 7.50. The molecule has 0 fully saturated rings. The van der Waals surface area contributed by atoms with Crippen molar-refractivity contribution in [2.45, 2.75) is 13.8 Å². The fourth-order valence-corrected chi connectivity index (χ4v) is 3.89. The predicted molar refractivity (Wildman–Crippen MR) is 151 cm³/mol. The summed E-state index contributed by atoms with van der Waals surface area (Å²) in [5, 5.41) is 9.51. The molecule has 3 N–H and O–H groups in total. The Morgan fingerprint density at radius 2 is 1.22 bits per heavy atom. The Kier molecular flexibility index (Phi) is 6.90. The van der Waals surface area contributed by atoms with Crippen molar-refractivity contribution in [2.24, 2.45) is 0 Å². The van der Waals surface area contributed by atoms with Gasteiger partial charge in [-0.15, -0.1) is 0 Å². The van der Waals surface area contributed by atoms with E-state index in [2.05, 4.69) is 45.0 Å². The monoisotopic (exact) mass is 485 g/mol. The van der Waals surface area contributed by atoms with Crippen molar-refractivity contribution < 1.29 is 4.79 Å². The van der Waals surface area contributed by atoms with E-state index in [-0.39, 0.29) is 5.91 Å². The van der Waals surface area contributed by atoms with Crippen LogP contribution in [-0.4, -0.2) is 15.9 Å². The lowest BCUT2D eigenvalue weighted by molar-refractivity contribution is 0.102. The summed E-state index contributed by atoms with van der Waals surface area (Å²) in [5.74, 6) is 1.05. The Balaban J connectivity index is 1.22. The van der Waals surface area contributed by atoms with Crippen LogP contribution in [0, 0.1) is 13.8 Å². The van der Waals surface area contributed by atoms with Gasteiger partial charge in [-0.1, -0.05) is 60.2 Å². The van der Waals surface area contributed by atoms with Crippen LogP contribution in [0.1, 0.15) is 21.6 Å². The number of carbonyl (C=O) groups is 1. The number of nitrogens with zero attached hydrogens (tertiary/aromatic N) is 2. The van der Waals surface area contributed by atoms with Gasteiger partial charge in [0.15, 0.2) is 0 Å². The maximum Gasteiger partial charge on any atom is 0.255 e. The lowest BCUT2D eigenvalue weighted by atomic mass is 10.0. The molecule has 0 saturated carbocycles. The molecule has 0 unspecified atom stereocenters. The average Bonchev–Trinajstić information content (AvgIpc) is 2.91. The van der Waals surface area contributed by atoms with Gasteiger partial charge in [-0.05, 0) is 73.5 Å². The first kappa shape index (κ1) is 23.8. The lowest BCUT2D eigenvalue weighted by Gasteiger charge is -2.11. The first-order chi connectivity index (χ1) is 18.0. The van der Waals surface area contributed by atoms with E-state index >= 15 is 0 Å². The van der Waals surface area contributed by atoms with Gasteiger partial charge >= 0.3 is 0 Å². The average molecular weight is 486 g/mol. The van der Waals surface area contributed by atoms with Crippen molar-refractivity contribution in [3.63, 3.8) is 0 Å². The topological polar surface area (TPSA) is 78.9 Å². The Labute approximate surface area is 216 Å². The van der Waals surface area contributed by atoms with Crippen LogP contribution < -0.4 is 16.0 Å². The molecule has 1 aromatic heterocycles. The summed E-state index contributed by atoms with van der Waals surface area (Å²) >= 11 is 0. The van der Waals surface area contributed by atoms with Crippen molar-refractivity contribution in [1.82, 2.24) is 9.97 Å². The highest BCUT2D eigenvalue weighted by Crippen LogP contribution is 2.22. The molecule has 182 valence electrons. The number of carbonyl (C=O) groups excluding carboxylic acids is 1. The Morgan fingerprint density at radius 3 is 1.92 bits per heavy atom. The number of benzene rings is 4. The summed E-state index contributed by atoms with van der Waals surface area (Å²) < 4.78 is 0. The quantitative estimate of drug-likeness (QED) is 0.222. The highest BCUT2D eigenvalue weighted by molar-refractivity contribution is 6.04. The molecule has 0 atom stereocenters. The first-order valence-electron chi connectivity index (χ1n) is 12.1. The number of anilines is 5. The van der Waals surface area contributed by atoms with Gasteiger partial charge in [-0.2, -0.15) is 4.98 Å². The van der Waals surface area contributed by atoms with Crippen LogP contribution in [0.15, 0.2) is 109 Å². The molecule has 1 amide bonds. The third kappa shape index (κ3) is 6.18. The molecule has 0 radical (unpaired) electrons. The molecule has 5 rings (SSSR count). The third-order valence-electron chi connectivity index (χ3n) is 5.83. The van der Waals surface area contributed by atoms with Gasteiger partial charge in [0.2, 0.25) is 5.95 Å². The summed E-state index contributed by atoms with van der Waals surface area (Å²) in [6.45, 7) is 3.98. The van der Waals surface area contributed by atoms with Crippen molar-refractivity contribution >= 4 is 34.7 Å². The molecule has 0 aliphatic rings. The molecule has 0 bridgehead atoms. The van der Waals surface area contributed by atoms with Crippen molar-refractivity contribution in [2.75, 3.05) is 16.0 Å². The van der Waals surface area contributed by atoms with E-state index < -0.39 is 0 Å². The minimum absolute atomic E-state index is 0.154. The van der Waals surface area contributed by atoms with E-state index in [4.69, 9.17) is 0 Å². The molecule has 0 aliphatic heterocycles. The fourth-order valence-electron chi connectivity index (χ4n) is 3.89. The zero-order valence-electron chi connectivity index (χ0n) is 20.7. The highest BCUT2D eigenvalue weighted by atomic mass is 16.1. The minimum Gasteiger partial charge on any atom is -0.340 e. The van der Waals surface area contributed by atoms with Gasteiger partial charge in [0, 0.05) is 34.4 Å². The molecule has 1 heterocycles. The molecule has 5 aromatic rings. The van der Waals surface area contributed by atoms with Crippen molar-refractivity contribution in [3.05, 3.63) is 126 Å². The number of hydrogen-bond acceptors (Lipinski definition) is 5. The molecule has 4 aromatic carbocycles. The van der Waals surface area contributed by atoms with Crippen LogP contribution in [0.3, 0.4) is 0 Å². The minimum atomic E-state index is -0.154. The van der Waals surface area contributed by atoms with Crippen LogP contribution in [0.5, 0.6) is 0 Å². The fraction of sp³-hybridized carbons (Fsp3) is 0.0645. The highest BCUT2D eigenvalue weighted by Gasteiger charge is 2.08. The number of amides is 1. The summed E-state index contributed by atoms with van der Waals surface area (Å²) in [6.07, 6.45) is 0. The van der Waals surface area contributed by atoms with E-state index in [1.165, 1.54) is 5.56 Å². The number of aryl methyl sites for hydroxylation is 2. The van der Waals surface area contributed by atoms with Gasteiger partial charge in [0.1, 0.15) is 5.82 Å². The molecule has 0 saturated heterocycles. The Bertz CT molecular complexity index is 1500. The van der Waals surface area contributed by atoms with Crippen LogP contribution in [0.4, 0.5) is 28.8 Å². The molecular weight excluding hydrogens is 458 g/mol. The van der Waals surface area contributed by atoms with Gasteiger partial charge in [-0.3, -0.25) is 4.79 Å². The molecular formula is C31H27N5O. The zero-order chi connectivity index (χ0) is 25.6. The Hall–Kier alpha value is -4.97. The van der Waals surface area contributed by atoms with E-state index in [1.807, 2.05) is 104 Å². The summed E-state index contributed by atoms with van der Waals surface area (Å²) in [7, 11) is 0. The summed E-state index contributed by atoms with van der Waals surface area (Å²) in [5.41, 5.74) is 7.32.